The minimum Gasteiger partial charge on any atom is -0.497 e. The molecule has 0 bridgehead atoms. The van der Waals surface area contributed by atoms with Crippen molar-refractivity contribution in [3.8, 4) is 5.75 Å². The number of ether oxygens (including phenoxy) is 2. The van der Waals surface area contributed by atoms with Gasteiger partial charge >= 0.3 is 0 Å². The Hall–Kier alpha value is -1.99. The molecule has 1 saturated heterocycles. The minimum absolute atomic E-state index is 0.545. The number of methoxy groups -OCH3 is 1. The van der Waals surface area contributed by atoms with E-state index < -0.39 is 0 Å². The first-order valence-corrected chi connectivity index (χ1v) is 7.07. The van der Waals surface area contributed by atoms with Gasteiger partial charge in [0.05, 0.1) is 25.8 Å². The minimum atomic E-state index is 0.545. The van der Waals surface area contributed by atoms with Crippen LogP contribution in [0.25, 0.3) is 11.0 Å². The lowest BCUT2D eigenvalue weighted by Gasteiger charge is -2.26. The van der Waals surface area contributed by atoms with Crippen molar-refractivity contribution in [2.45, 2.75) is 0 Å². The molecule has 1 aliphatic heterocycles. The molecule has 0 amide bonds. The van der Waals surface area contributed by atoms with E-state index in [0.29, 0.717) is 5.95 Å². The van der Waals surface area contributed by atoms with Crippen LogP contribution in [-0.2, 0) is 4.74 Å². The molecule has 0 radical (unpaired) electrons. The lowest BCUT2D eigenvalue weighted by atomic mass is 10.3. The van der Waals surface area contributed by atoms with Crippen LogP contribution in [0.15, 0.2) is 18.2 Å². The monoisotopic (exact) mass is 289 g/mol. The van der Waals surface area contributed by atoms with Crippen molar-refractivity contribution >= 4 is 17.0 Å². The highest BCUT2D eigenvalue weighted by atomic mass is 16.5. The molecule has 1 fully saturated rings. The number of nitrogens with zero attached hydrogens (tertiary/aromatic N) is 4. The molecule has 7 nitrogen and oxygen atoms in total. The Morgan fingerprint density at radius 1 is 1.24 bits per heavy atom. The van der Waals surface area contributed by atoms with E-state index in [9.17, 15) is 0 Å². The largest absolute Gasteiger partial charge is 0.497 e. The van der Waals surface area contributed by atoms with E-state index in [4.69, 9.17) is 9.47 Å². The summed E-state index contributed by atoms with van der Waals surface area (Å²) in [5.41, 5.74) is 1.53. The molecule has 112 valence electrons. The number of fused-ring (bicyclic) bond motifs is 1. The van der Waals surface area contributed by atoms with Crippen molar-refractivity contribution in [3.63, 3.8) is 0 Å². The van der Waals surface area contributed by atoms with Crippen LogP contribution in [0.1, 0.15) is 0 Å². The molecular formula is C14H19N5O2. The zero-order valence-corrected chi connectivity index (χ0v) is 12.1. The fraction of sp³-hybridized carbons (Fsp3) is 0.500. The first-order valence-electron chi connectivity index (χ1n) is 7.07. The predicted octanol–water partition coefficient (Wildman–Crippen LogP) is 0.777. The summed E-state index contributed by atoms with van der Waals surface area (Å²) < 4.78 is 10.5. The molecule has 21 heavy (non-hydrogen) atoms. The second-order valence-corrected chi connectivity index (χ2v) is 4.87. The fourth-order valence-electron chi connectivity index (χ4n) is 2.27. The topological polar surface area (TPSA) is 72.4 Å². The van der Waals surface area contributed by atoms with Gasteiger partial charge in [-0.1, -0.05) is 0 Å². The summed E-state index contributed by atoms with van der Waals surface area (Å²) in [5.74, 6) is 1.31. The maximum atomic E-state index is 5.33. The Morgan fingerprint density at radius 3 is 2.90 bits per heavy atom. The van der Waals surface area contributed by atoms with Crippen molar-refractivity contribution in [2.24, 2.45) is 0 Å². The lowest BCUT2D eigenvalue weighted by Crippen LogP contribution is -2.39. The van der Waals surface area contributed by atoms with Crippen LogP contribution in [-0.4, -0.2) is 66.6 Å². The number of morpholine rings is 1. The van der Waals surface area contributed by atoms with Crippen LogP contribution >= 0.6 is 0 Å². The molecular weight excluding hydrogens is 270 g/mol. The normalized spacial score (nSPS) is 16.0. The van der Waals surface area contributed by atoms with Gasteiger partial charge in [-0.25, -0.2) is 4.98 Å². The van der Waals surface area contributed by atoms with Gasteiger partial charge in [-0.15, -0.1) is 10.2 Å². The molecule has 7 heteroatoms. The zero-order chi connectivity index (χ0) is 14.5. The lowest BCUT2D eigenvalue weighted by molar-refractivity contribution is 0.0398. The number of anilines is 1. The van der Waals surface area contributed by atoms with E-state index in [-0.39, 0.29) is 0 Å². The number of rotatable bonds is 5. The van der Waals surface area contributed by atoms with Crippen LogP contribution < -0.4 is 10.1 Å². The Labute approximate surface area is 123 Å². The highest BCUT2D eigenvalue weighted by Gasteiger charge is 2.09. The Kier molecular flexibility index (Phi) is 4.42. The van der Waals surface area contributed by atoms with Crippen LogP contribution in [0.2, 0.25) is 0 Å². The molecule has 0 saturated carbocycles. The summed E-state index contributed by atoms with van der Waals surface area (Å²) in [6, 6.07) is 5.56. The molecule has 2 heterocycles. The molecule has 1 aromatic heterocycles. The third-order valence-electron chi connectivity index (χ3n) is 3.48. The average Bonchev–Trinajstić information content (AvgIpc) is 2.55. The maximum absolute atomic E-state index is 5.33. The summed E-state index contributed by atoms with van der Waals surface area (Å²) in [6.07, 6.45) is 0. The summed E-state index contributed by atoms with van der Waals surface area (Å²) in [6.45, 7) is 5.33. The fourth-order valence-corrected chi connectivity index (χ4v) is 2.27. The average molecular weight is 289 g/mol. The summed E-state index contributed by atoms with van der Waals surface area (Å²) in [4.78, 5) is 6.81. The Balaban J connectivity index is 1.60. The van der Waals surface area contributed by atoms with Gasteiger partial charge in [-0.05, 0) is 12.1 Å². The van der Waals surface area contributed by atoms with Crippen LogP contribution in [0, 0.1) is 0 Å². The van der Waals surface area contributed by atoms with Crippen molar-refractivity contribution in [1.82, 2.24) is 20.1 Å². The third-order valence-corrected chi connectivity index (χ3v) is 3.48. The second kappa shape index (κ2) is 6.64. The third kappa shape index (κ3) is 3.56. The smallest absolute Gasteiger partial charge is 0.243 e. The summed E-state index contributed by atoms with van der Waals surface area (Å²) in [7, 11) is 1.64. The SMILES string of the molecule is COc1ccc2nnc(NCCN3CCOCC3)nc2c1. The van der Waals surface area contributed by atoms with Crippen molar-refractivity contribution < 1.29 is 9.47 Å². The number of hydrogen-bond donors (Lipinski definition) is 1. The highest BCUT2D eigenvalue weighted by Crippen LogP contribution is 2.17. The number of aromatic nitrogens is 3. The van der Waals surface area contributed by atoms with E-state index in [1.165, 1.54) is 0 Å². The molecule has 0 aliphatic carbocycles. The van der Waals surface area contributed by atoms with Crippen LogP contribution in [0.3, 0.4) is 0 Å². The molecule has 1 N–H and O–H groups in total. The van der Waals surface area contributed by atoms with Crippen molar-refractivity contribution in [1.29, 1.82) is 0 Å². The van der Waals surface area contributed by atoms with Crippen molar-refractivity contribution in [2.75, 3.05) is 51.8 Å². The Morgan fingerprint density at radius 2 is 2.10 bits per heavy atom. The van der Waals surface area contributed by atoms with Crippen LogP contribution in [0.4, 0.5) is 5.95 Å². The number of hydrogen-bond acceptors (Lipinski definition) is 7. The van der Waals surface area contributed by atoms with E-state index in [1.54, 1.807) is 7.11 Å². The summed E-state index contributed by atoms with van der Waals surface area (Å²) in [5, 5.41) is 11.5. The van der Waals surface area contributed by atoms with E-state index in [2.05, 4.69) is 25.4 Å². The molecule has 0 spiro atoms. The van der Waals surface area contributed by atoms with Gasteiger partial charge < -0.3 is 14.8 Å². The maximum Gasteiger partial charge on any atom is 0.243 e. The van der Waals surface area contributed by atoms with Crippen LogP contribution in [0.5, 0.6) is 5.75 Å². The molecule has 2 aromatic rings. The first kappa shape index (κ1) is 14.0. The van der Waals surface area contributed by atoms with E-state index in [0.717, 1.165) is 56.2 Å². The van der Waals surface area contributed by atoms with Crippen molar-refractivity contribution in [3.05, 3.63) is 18.2 Å². The quantitative estimate of drug-likeness (QED) is 0.872. The van der Waals surface area contributed by atoms with E-state index >= 15 is 0 Å². The van der Waals surface area contributed by atoms with Gasteiger partial charge in [0.2, 0.25) is 5.95 Å². The van der Waals surface area contributed by atoms with Gasteiger partial charge in [0.1, 0.15) is 11.3 Å². The number of nitrogens with one attached hydrogen (secondary N) is 1. The molecule has 1 aromatic carbocycles. The van der Waals surface area contributed by atoms with E-state index in [1.807, 2.05) is 18.2 Å². The molecule has 3 rings (SSSR count). The zero-order valence-electron chi connectivity index (χ0n) is 12.1. The van der Waals surface area contributed by atoms with Gasteiger partial charge in [0.25, 0.3) is 0 Å². The number of benzene rings is 1. The Bertz CT molecular complexity index is 601. The first-order chi connectivity index (χ1) is 10.3. The van der Waals surface area contributed by atoms with Gasteiger partial charge in [-0.3, -0.25) is 4.90 Å². The predicted molar refractivity (Wildman–Crippen MR) is 79.6 cm³/mol. The highest BCUT2D eigenvalue weighted by molar-refractivity contribution is 5.76. The molecule has 1 aliphatic rings. The van der Waals surface area contributed by atoms with Gasteiger partial charge in [0, 0.05) is 32.2 Å². The van der Waals surface area contributed by atoms with Gasteiger partial charge in [-0.2, -0.15) is 0 Å². The molecule has 0 atom stereocenters. The van der Waals surface area contributed by atoms with Gasteiger partial charge in [0.15, 0.2) is 0 Å². The standard InChI is InChI=1S/C14H19N5O2/c1-20-11-2-3-12-13(10-11)16-14(18-17-12)15-4-5-19-6-8-21-9-7-19/h2-3,10H,4-9H2,1H3,(H,15,16,18). The second-order valence-electron chi connectivity index (χ2n) is 4.87. The molecule has 0 unspecified atom stereocenters. The summed E-state index contributed by atoms with van der Waals surface area (Å²) >= 11 is 0.